The van der Waals surface area contributed by atoms with Crippen LogP contribution in [-0.4, -0.2) is 16.4 Å². The van der Waals surface area contributed by atoms with Crippen molar-refractivity contribution in [3.05, 3.63) is 18.0 Å². The minimum absolute atomic E-state index is 0.0620. The number of rotatable bonds is 3. The van der Waals surface area contributed by atoms with Gasteiger partial charge in [0, 0.05) is 6.07 Å². The van der Waals surface area contributed by atoms with Gasteiger partial charge in [0.1, 0.15) is 12.0 Å². The molecule has 0 aromatic carbocycles. The maximum absolute atomic E-state index is 10.7. The number of alkyl halides is 1. The Kier molecular flexibility index (Phi) is 3.10. The van der Waals surface area contributed by atoms with Gasteiger partial charge in [0.15, 0.2) is 0 Å². The standard InChI is InChI=1S/C6H7BrN2O2/c7-3-6(10)8-4-5-1-2-11-9-5/h1-2H,3-4H2,(H,8,10). The molecule has 0 aliphatic carbocycles. The first-order valence-corrected chi connectivity index (χ1v) is 4.17. The van der Waals surface area contributed by atoms with Crippen molar-refractivity contribution < 1.29 is 9.32 Å². The average Bonchev–Trinajstić information content (AvgIpc) is 2.52. The topological polar surface area (TPSA) is 55.1 Å². The number of hydrogen-bond donors (Lipinski definition) is 1. The Morgan fingerprint density at radius 1 is 1.82 bits per heavy atom. The molecule has 0 radical (unpaired) electrons. The highest BCUT2D eigenvalue weighted by Crippen LogP contribution is 1.92. The van der Waals surface area contributed by atoms with E-state index in [4.69, 9.17) is 0 Å². The van der Waals surface area contributed by atoms with Gasteiger partial charge in [-0.05, 0) is 0 Å². The van der Waals surface area contributed by atoms with E-state index in [9.17, 15) is 4.79 Å². The number of nitrogens with zero attached hydrogens (tertiary/aromatic N) is 1. The molecule has 11 heavy (non-hydrogen) atoms. The van der Waals surface area contributed by atoms with Crippen molar-refractivity contribution in [3.63, 3.8) is 0 Å². The smallest absolute Gasteiger partial charge is 0.230 e. The van der Waals surface area contributed by atoms with Crippen LogP contribution >= 0.6 is 15.9 Å². The van der Waals surface area contributed by atoms with E-state index in [0.717, 1.165) is 5.69 Å². The second-order valence-electron chi connectivity index (χ2n) is 1.90. The molecule has 1 aromatic heterocycles. The van der Waals surface area contributed by atoms with Crippen LogP contribution in [0.5, 0.6) is 0 Å². The molecule has 1 N–H and O–H groups in total. The zero-order chi connectivity index (χ0) is 8.10. The molecule has 1 aromatic rings. The molecule has 0 fully saturated rings. The van der Waals surface area contributed by atoms with Gasteiger partial charge in [-0.25, -0.2) is 0 Å². The van der Waals surface area contributed by atoms with Crippen LogP contribution in [0.25, 0.3) is 0 Å². The maximum Gasteiger partial charge on any atom is 0.230 e. The van der Waals surface area contributed by atoms with Crippen molar-refractivity contribution in [2.24, 2.45) is 0 Å². The summed E-state index contributed by atoms with van der Waals surface area (Å²) in [6, 6.07) is 1.70. The van der Waals surface area contributed by atoms with Crippen molar-refractivity contribution in [2.45, 2.75) is 6.54 Å². The van der Waals surface area contributed by atoms with E-state index in [1.165, 1.54) is 6.26 Å². The number of aromatic nitrogens is 1. The molecule has 5 heteroatoms. The van der Waals surface area contributed by atoms with E-state index in [1.54, 1.807) is 6.07 Å². The van der Waals surface area contributed by atoms with Crippen LogP contribution in [-0.2, 0) is 11.3 Å². The molecule has 0 aliphatic rings. The van der Waals surface area contributed by atoms with Crippen LogP contribution in [0.15, 0.2) is 16.9 Å². The first-order valence-electron chi connectivity index (χ1n) is 3.05. The van der Waals surface area contributed by atoms with Crippen LogP contribution in [0.4, 0.5) is 0 Å². The molecular formula is C6H7BrN2O2. The van der Waals surface area contributed by atoms with Gasteiger partial charge in [0.2, 0.25) is 5.91 Å². The molecule has 0 spiro atoms. The Balaban J connectivity index is 2.29. The van der Waals surface area contributed by atoms with Gasteiger partial charge < -0.3 is 9.84 Å². The largest absolute Gasteiger partial charge is 0.364 e. The Labute approximate surface area is 72.1 Å². The summed E-state index contributed by atoms with van der Waals surface area (Å²) in [6.07, 6.45) is 1.47. The first-order chi connectivity index (χ1) is 5.33. The van der Waals surface area contributed by atoms with Gasteiger partial charge >= 0.3 is 0 Å². The molecule has 0 unspecified atom stereocenters. The molecular weight excluding hydrogens is 212 g/mol. The highest BCUT2D eigenvalue weighted by Gasteiger charge is 1.99. The number of amides is 1. The van der Waals surface area contributed by atoms with Crippen molar-refractivity contribution >= 4 is 21.8 Å². The van der Waals surface area contributed by atoms with E-state index >= 15 is 0 Å². The fraction of sp³-hybridized carbons (Fsp3) is 0.333. The number of hydrogen-bond acceptors (Lipinski definition) is 3. The summed E-state index contributed by atoms with van der Waals surface area (Å²) in [5.74, 6) is -0.0620. The fourth-order valence-corrected chi connectivity index (χ4v) is 0.763. The molecule has 1 amide bonds. The second kappa shape index (κ2) is 4.12. The lowest BCUT2D eigenvalue weighted by molar-refractivity contribution is -0.118. The van der Waals surface area contributed by atoms with E-state index in [-0.39, 0.29) is 5.91 Å². The Morgan fingerprint density at radius 3 is 3.18 bits per heavy atom. The Hall–Kier alpha value is -0.840. The summed E-state index contributed by atoms with van der Waals surface area (Å²) >= 11 is 3.02. The third kappa shape index (κ3) is 2.71. The third-order valence-corrected chi connectivity index (χ3v) is 1.59. The fourth-order valence-electron chi connectivity index (χ4n) is 0.565. The van der Waals surface area contributed by atoms with E-state index in [1.807, 2.05) is 0 Å². The lowest BCUT2D eigenvalue weighted by Crippen LogP contribution is -2.23. The third-order valence-electron chi connectivity index (χ3n) is 1.08. The normalized spacial score (nSPS) is 9.55. The van der Waals surface area contributed by atoms with Gasteiger partial charge in [0.05, 0.1) is 11.9 Å². The summed E-state index contributed by atoms with van der Waals surface area (Å²) in [4.78, 5) is 10.7. The molecule has 0 saturated carbocycles. The van der Waals surface area contributed by atoms with Crippen molar-refractivity contribution in [1.29, 1.82) is 0 Å². The lowest BCUT2D eigenvalue weighted by atomic mass is 10.4. The minimum atomic E-state index is -0.0620. The molecule has 4 nitrogen and oxygen atoms in total. The zero-order valence-electron chi connectivity index (χ0n) is 5.71. The minimum Gasteiger partial charge on any atom is -0.364 e. The van der Waals surface area contributed by atoms with Gasteiger partial charge in [-0.15, -0.1) is 0 Å². The number of carbonyl (C=O) groups is 1. The van der Waals surface area contributed by atoms with Crippen molar-refractivity contribution in [3.8, 4) is 0 Å². The van der Waals surface area contributed by atoms with Gasteiger partial charge in [0.25, 0.3) is 0 Å². The number of halogens is 1. The van der Waals surface area contributed by atoms with E-state index in [0.29, 0.717) is 11.9 Å². The van der Waals surface area contributed by atoms with Gasteiger partial charge in [-0.2, -0.15) is 0 Å². The van der Waals surface area contributed by atoms with Crippen LogP contribution < -0.4 is 5.32 Å². The van der Waals surface area contributed by atoms with Crippen LogP contribution in [0.3, 0.4) is 0 Å². The predicted octanol–water partition coefficient (Wildman–Crippen LogP) is 0.686. The lowest BCUT2D eigenvalue weighted by Gasteiger charge is -1.96. The van der Waals surface area contributed by atoms with Gasteiger partial charge in [-0.1, -0.05) is 21.1 Å². The molecule has 60 valence electrons. The molecule has 0 atom stereocenters. The summed E-state index contributed by atoms with van der Waals surface area (Å²) < 4.78 is 4.57. The predicted molar refractivity (Wildman–Crippen MR) is 42.1 cm³/mol. The number of carbonyl (C=O) groups excluding carboxylic acids is 1. The van der Waals surface area contributed by atoms with Crippen molar-refractivity contribution in [1.82, 2.24) is 10.5 Å². The van der Waals surface area contributed by atoms with Crippen LogP contribution in [0, 0.1) is 0 Å². The van der Waals surface area contributed by atoms with E-state index < -0.39 is 0 Å². The average molecular weight is 219 g/mol. The van der Waals surface area contributed by atoms with E-state index in [2.05, 4.69) is 30.9 Å². The highest BCUT2D eigenvalue weighted by atomic mass is 79.9. The monoisotopic (exact) mass is 218 g/mol. The SMILES string of the molecule is O=C(CBr)NCc1ccon1. The Morgan fingerprint density at radius 2 is 2.64 bits per heavy atom. The molecule has 0 aliphatic heterocycles. The molecule has 0 saturated heterocycles. The summed E-state index contributed by atoms with van der Waals surface area (Å²) in [7, 11) is 0. The van der Waals surface area contributed by atoms with Crippen LogP contribution in [0.2, 0.25) is 0 Å². The highest BCUT2D eigenvalue weighted by molar-refractivity contribution is 9.09. The maximum atomic E-state index is 10.7. The van der Waals surface area contributed by atoms with Crippen LogP contribution in [0.1, 0.15) is 5.69 Å². The van der Waals surface area contributed by atoms with Crippen molar-refractivity contribution in [2.75, 3.05) is 5.33 Å². The summed E-state index contributed by atoms with van der Waals surface area (Å²) in [5.41, 5.74) is 0.722. The zero-order valence-corrected chi connectivity index (χ0v) is 7.30. The molecule has 1 rings (SSSR count). The summed E-state index contributed by atoms with van der Waals surface area (Å²) in [5, 5.41) is 6.55. The molecule has 0 bridgehead atoms. The number of nitrogens with one attached hydrogen (secondary N) is 1. The first kappa shape index (κ1) is 8.26. The quantitative estimate of drug-likeness (QED) is 0.760. The van der Waals surface area contributed by atoms with Gasteiger partial charge in [-0.3, -0.25) is 4.79 Å². The molecule has 1 heterocycles. The summed E-state index contributed by atoms with van der Waals surface area (Å²) in [6.45, 7) is 0.418. The Bertz CT molecular complexity index is 222. The second-order valence-corrected chi connectivity index (χ2v) is 2.46.